The number of nitrogens with one attached hydrogen (secondary N) is 1. The fourth-order valence-electron chi connectivity index (χ4n) is 11.1. The third-order valence-corrected chi connectivity index (χ3v) is 12.7. The molecule has 48 heavy (non-hydrogen) atoms. The molecule has 8 N–H and O–H groups in total. The molecular formula is C42H49N3O3. The van der Waals surface area contributed by atoms with E-state index in [9.17, 15) is 15.3 Å². The Morgan fingerprint density at radius 2 is 0.833 bits per heavy atom. The van der Waals surface area contributed by atoms with Crippen molar-refractivity contribution in [3.8, 4) is 17.2 Å². The summed E-state index contributed by atoms with van der Waals surface area (Å²) in [6.45, 7) is 18.3. The van der Waals surface area contributed by atoms with Crippen LogP contribution < -0.4 is 16.8 Å². The summed E-state index contributed by atoms with van der Waals surface area (Å²) in [6, 6.07) is 18.5. The summed E-state index contributed by atoms with van der Waals surface area (Å²) in [4.78, 5) is 0. The molecule has 0 radical (unpaired) electrons. The number of hydrogen-bond donors (Lipinski definition) is 6. The van der Waals surface area contributed by atoms with Gasteiger partial charge in [-0.05, 0) is 140 Å². The molecule has 0 amide bonds. The van der Waals surface area contributed by atoms with E-state index in [0.717, 1.165) is 42.5 Å². The Morgan fingerprint density at radius 3 is 1.29 bits per heavy atom. The van der Waals surface area contributed by atoms with Gasteiger partial charge in [-0.3, -0.25) is 0 Å². The van der Waals surface area contributed by atoms with E-state index in [1.54, 1.807) is 0 Å². The second kappa shape index (κ2) is 9.02. The maximum atomic E-state index is 11.6. The quantitative estimate of drug-likeness (QED) is 0.0957. The van der Waals surface area contributed by atoms with E-state index in [-0.39, 0.29) is 49.7 Å². The smallest absolute Gasteiger partial charge is 0.139 e. The van der Waals surface area contributed by atoms with Crippen LogP contribution in [0.4, 0.5) is 22.7 Å². The van der Waals surface area contributed by atoms with Crippen LogP contribution in [0.15, 0.2) is 54.6 Å². The molecule has 6 heteroatoms. The van der Waals surface area contributed by atoms with Crippen molar-refractivity contribution in [2.45, 2.75) is 114 Å². The van der Waals surface area contributed by atoms with Crippen molar-refractivity contribution in [2.24, 2.45) is 0 Å². The molecule has 0 aliphatic heterocycles. The lowest BCUT2D eigenvalue weighted by Gasteiger charge is -2.30. The molecule has 4 aliphatic carbocycles. The predicted octanol–water partition coefficient (Wildman–Crippen LogP) is 9.01. The standard InChI is InChI=1S/C42H49N3O3/c1-37(2)18-41(19-38(3,4)25-12-31(43)34(46)15-28(25)41)23-10-9-22(11-24(23)37)45-33-14-27-30(17-36(33)48)42(21-40(27,7)8)20-39(5,6)26-13-32(44)35(47)16-29(26)42/h9-17,45-48H,18-21,43-44H2,1-8H3. The number of hydrogen-bond acceptors (Lipinski definition) is 6. The van der Waals surface area contributed by atoms with Gasteiger partial charge >= 0.3 is 0 Å². The SMILES string of the molecule is CC1(C)CC2(CC(C)(C)c3cc(N)c(O)cc32)c2ccc(Nc3cc4c(cc3O)C3(CC(C)(C)c5cc(N)c(O)cc53)CC4(C)C)cc21. The molecule has 0 saturated carbocycles. The maximum absolute atomic E-state index is 11.6. The normalized spacial score (nSPS) is 26.0. The summed E-state index contributed by atoms with van der Waals surface area (Å²) in [5.74, 6) is 0.483. The van der Waals surface area contributed by atoms with Gasteiger partial charge < -0.3 is 32.1 Å². The first kappa shape index (κ1) is 31.0. The topological polar surface area (TPSA) is 125 Å². The molecule has 0 saturated heterocycles. The van der Waals surface area contributed by atoms with Gasteiger partial charge in [0.2, 0.25) is 0 Å². The lowest BCUT2D eigenvalue weighted by Crippen LogP contribution is -2.26. The first-order valence-electron chi connectivity index (χ1n) is 17.3. The van der Waals surface area contributed by atoms with Crippen LogP contribution in [0.25, 0.3) is 0 Å². The van der Waals surface area contributed by atoms with Gasteiger partial charge in [-0.25, -0.2) is 0 Å². The number of benzene rings is 4. The predicted molar refractivity (Wildman–Crippen MR) is 195 cm³/mol. The monoisotopic (exact) mass is 643 g/mol. The molecule has 0 fully saturated rings. The number of fused-ring (bicyclic) bond motifs is 8. The Labute approximate surface area is 284 Å². The Balaban J connectivity index is 1.20. The van der Waals surface area contributed by atoms with Crippen molar-refractivity contribution in [1.82, 2.24) is 0 Å². The van der Waals surface area contributed by atoms with Crippen LogP contribution in [0.3, 0.4) is 0 Å². The lowest BCUT2D eigenvalue weighted by molar-refractivity contribution is 0.348. The van der Waals surface area contributed by atoms with Crippen molar-refractivity contribution in [1.29, 1.82) is 0 Å². The molecule has 250 valence electrons. The van der Waals surface area contributed by atoms with E-state index in [4.69, 9.17) is 11.5 Å². The molecule has 2 atom stereocenters. The summed E-state index contributed by atoms with van der Waals surface area (Å²) in [5, 5.41) is 36.7. The first-order chi connectivity index (χ1) is 22.2. The van der Waals surface area contributed by atoms with Crippen LogP contribution in [-0.2, 0) is 32.5 Å². The van der Waals surface area contributed by atoms with Gasteiger partial charge in [0.05, 0.1) is 17.1 Å². The van der Waals surface area contributed by atoms with Crippen molar-refractivity contribution >= 4 is 22.7 Å². The number of aromatic hydroxyl groups is 3. The van der Waals surface area contributed by atoms with Crippen LogP contribution in [0.2, 0.25) is 0 Å². The largest absolute Gasteiger partial charge is 0.506 e. The zero-order chi connectivity index (χ0) is 34.6. The van der Waals surface area contributed by atoms with Crippen molar-refractivity contribution in [3.05, 3.63) is 99.1 Å². The Kier molecular flexibility index (Phi) is 5.82. The summed E-state index contributed by atoms with van der Waals surface area (Å²) in [6.07, 6.45) is 3.66. The number of phenolic OH excluding ortho intramolecular Hbond substituents is 3. The highest BCUT2D eigenvalue weighted by Crippen LogP contribution is 2.66. The minimum atomic E-state index is -0.324. The minimum absolute atomic E-state index is 0.0769. The molecule has 0 aromatic heterocycles. The first-order valence-corrected chi connectivity index (χ1v) is 17.3. The molecule has 4 aromatic carbocycles. The Bertz CT molecular complexity index is 2090. The lowest BCUT2D eigenvalue weighted by atomic mass is 9.72. The number of nitrogen functional groups attached to an aromatic ring is 2. The Morgan fingerprint density at radius 1 is 0.458 bits per heavy atom. The molecule has 6 nitrogen and oxygen atoms in total. The van der Waals surface area contributed by atoms with Crippen molar-refractivity contribution < 1.29 is 15.3 Å². The number of nitrogens with two attached hydrogens (primary N) is 2. The van der Waals surface area contributed by atoms with Crippen LogP contribution in [0, 0.1) is 0 Å². The molecular weight excluding hydrogens is 594 g/mol. The van der Waals surface area contributed by atoms with E-state index >= 15 is 0 Å². The fourth-order valence-corrected chi connectivity index (χ4v) is 11.1. The van der Waals surface area contributed by atoms with Crippen LogP contribution in [-0.4, -0.2) is 15.3 Å². The number of anilines is 4. The molecule has 4 aliphatic rings. The summed E-state index contributed by atoms with van der Waals surface area (Å²) in [5.41, 5.74) is 23.5. The third-order valence-electron chi connectivity index (χ3n) is 12.7. The van der Waals surface area contributed by atoms with Gasteiger partial charge in [-0.1, -0.05) is 61.5 Å². The number of phenols is 3. The van der Waals surface area contributed by atoms with E-state index in [2.05, 4.69) is 85.0 Å². The molecule has 8 rings (SSSR count). The highest BCUT2D eigenvalue weighted by molar-refractivity contribution is 5.75. The second-order valence-electron chi connectivity index (χ2n) is 18.1. The molecule has 2 unspecified atom stereocenters. The Hall–Kier alpha value is -4.32. The zero-order valence-electron chi connectivity index (χ0n) is 29.5. The highest BCUT2D eigenvalue weighted by Gasteiger charge is 2.58. The second-order valence-corrected chi connectivity index (χ2v) is 18.1. The average Bonchev–Trinajstić information content (AvgIpc) is 3.50. The molecule has 0 bridgehead atoms. The number of rotatable bonds is 2. The van der Waals surface area contributed by atoms with Gasteiger partial charge in [0.15, 0.2) is 0 Å². The molecule has 4 aromatic rings. The third kappa shape index (κ3) is 3.92. The van der Waals surface area contributed by atoms with Gasteiger partial charge in [0, 0.05) is 16.5 Å². The summed E-state index contributed by atoms with van der Waals surface area (Å²) < 4.78 is 0. The summed E-state index contributed by atoms with van der Waals surface area (Å²) >= 11 is 0. The fraction of sp³-hybridized carbons (Fsp3) is 0.429. The summed E-state index contributed by atoms with van der Waals surface area (Å²) in [7, 11) is 0. The maximum Gasteiger partial charge on any atom is 0.139 e. The average molecular weight is 644 g/mol. The van der Waals surface area contributed by atoms with Gasteiger partial charge in [0.1, 0.15) is 17.2 Å². The van der Waals surface area contributed by atoms with Crippen molar-refractivity contribution in [2.75, 3.05) is 16.8 Å². The van der Waals surface area contributed by atoms with Gasteiger partial charge in [-0.15, -0.1) is 0 Å². The van der Waals surface area contributed by atoms with Crippen LogP contribution >= 0.6 is 0 Å². The highest BCUT2D eigenvalue weighted by atomic mass is 16.3. The van der Waals surface area contributed by atoms with Crippen molar-refractivity contribution in [3.63, 3.8) is 0 Å². The minimum Gasteiger partial charge on any atom is -0.506 e. The molecule has 0 heterocycles. The van der Waals surface area contributed by atoms with E-state index < -0.39 is 0 Å². The van der Waals surface area contributed by atoms with Crippen LogP contribution in [0.1, 0.15) is 126 Å². The molecule has 2 spiro atoms. The van der Waals surface area contributed by atoms with E-state index in [1.165, 1.54) is 33.4 Å². The zero-order valence-corrected chi connectivity index (χ0v) is 29.5. The van der Waals surface area contributed by atoms with E-state index in [0.29, 0.717) is 17.1 Å². The van der Waals surface area contributed by atoms with Gasteiger partial charge in [0.25, 0.3) is 0 Å². The van der Waals surface area contributed by atoms with Crippen LogP contribution in [0.5, 0.6) is 17.2 Å². The van der Waals surface area contributed by atoms with Gasteiger partial charge in [-0.2, -0.15) is 0 Å². The van der Waals surface area contributed by atoms with E-state index in [1.807, 2.05) is 30.3 Å².